The van der Waals surface area contributed by atoms with Gasteiger partial charge in [-0.15, -0.1) is 0 Å². The van der Waals surface area contributed by atoms with Gasteiger partial charge in [-0.2, -0.15) is 5.10 Å². The molecule has 3 heterocycles. The summed E-state index contributed by atoms with van der Waals surface area (Å²) in [5, 5.41) is 7.98. The van der Waals surface area contributed by atoms with E-state index in [1.165, 1.54) is 12.1 Å². The number of carbonyl (C=O) groups excluding carboxylic acids is 1. The predicted octanol–water partition coefficient (Wildman–Crippen LogP) is 5.34. The lowest BCUT2D eigenvalue weighted by Gasteiger charge is -2.26. The molecular formula is C25H17ClFN3O3. The second-order valence-corrected chi connectivity index (χ2v) is 8.38. The zero-order valence-electron chi connectivity index (χ0n) is 17.2. The van der Waals surface area contributed by atoms with Gasteiger partial charge >= 0.3 is 0 Å². The fourth-order valence-electron chi connectivity index (χ4n) is 4.42. The number of nitrogens with zero attached hydrogens (tertiary/aromatic N) is 2. The number of amides is 1. The van der Waals surface area contributed by atoms with Gasteiger partial charge in [-0.05, 0) is 47.5 Å². The van der Waals surface area contributed by atoms with E-state index in [0.717, 1.165) is 22.3 Å². The highest BCUT2D eigenvalue weighted by Gasteiger charge is 2.42. The van der Waals surface area contributed by atoms with Gasteiger partial charge in [0.2, 0.25) is 6.79 Å². The van der Waals surface area contributed by atoms with E-state index in [-0.39, 0.29) is 18.5 Å². The lowest BCUT2D eigenvalue weighted by molar-refractivity contribution is 0.0730. The summed E-state index contributed by atoms with van der Waals surface area (Å²) in [5.74, 6) is 0.820. The fraction of sp³-hybridized carbons (Fsp3) is 0.120. The van der Waals surface area contributed by atoms with Crippen molar-refractivity contribution >= 4 is 17.5 Å². The Balaban J connectivity index is 1.45. The first-order valence-corrected chi connectivity index (χ1v) is 10.8. The number of nitrogens with one attached hydrogen (secondary N) is 1. The van der Waals surface area contributed by atoms with Gasteiger partial charge in [-0.1, -0.05) is 41.9 Å². The molecule has 0 saturated carbocycles. The van der Waals surface area contributed by atoms with E-state index < -0.39 is 6.04 Å². The molecule has 2 aliphatic heterocycles. The molecule has 33 heavy (non-hydrogen) atoms. The van der Waals surface area contributed by atoms with E-state index in [1.54, 1.807) is 29.2 Å². The van der Waals surface area contributed by atoms with E-state index in [1.807, 2.05) is 30.3 Å². The maximum Gasteiger partial charge on any atom is 0.273 e. The molecule has 0 radical (unpaired) electrons. The summed E-state index contributed by atoms with van der Waals surface area (Å²) in [4.78, 5) is 15.2. The van der Waals surface area contributed by atoms with Crippen molar-refractivity contribution in [2.75, 3.05) is 6.79 Å². The topological polar surface area (TPSA) is 67.5 Å². The average Bonchev–Trinajstić information content (AvgIpc) is 3.52. The summed E-state index contributed by atoms with van der Waals surface area (Å²) >= 11 is 6.06. The highest BCUT2D eigenvalue weighted by molar-refractivity contribution is 6.30. The zero-order valence-corrected chi connectivity index (χ0v) is 18.0. The van der Waals surface area contributed by atoms with Crippen LogP contribution in [0, 0.1) is 5.82 Å². The van der Waals surface area contributed by atoms with Crippen LogP contribution >= 0.6 is 11.6 Å². The van der Waals surface area contributed by atoms with Crippen LogP contribution in [0.1, 0.15) is 33.2 Å². The van der Waals surface area contributed by atoms with E-state index in [4.69, 9.17) is 21.1 Å². The van der Waals surface area contributed by atoms with Crippen molar-refractivity contribution in [2.24, 2.45) is 0 Å². The number of ether oxygens (including phenoxy) is 2. The van der Waals surface area contributed by atoms with Crippen LogP contribution in [0.15, 0.2) is 66.7 Å². The minimum absolute atomic E-state index is 0.176. The Morgan fingerprint density at radius 3 is 2.58 bits per heavy atom. The van der Waals surface area contributed by atoms with Crippen molar-refractivity contribution in [2.45, 2.75) is 12.6 Å². The van der Waals surface area contributed by atoms with Gasteiger partial charge in [0, 0.05) is 22.7 Å². The highest BCUT2D eigenvalue weighted by Crippen LogP contribution is 2.44. The third-order valence-electron chi connectivity index (χ3n) is 5.96. The van der Waals surface area contributed by atoms with E-state index >= 15 is 0 Å². The highest BCUT2D eigenvalue weighted by atomic mass is 35.5. The number of fused-ring (bicyclic) bond motifs is 2. The third kappa shape index (κ3) is 3.32. The van der Waals surface area contributed by atoms with Crippen LogP contribution in [0.4, 0.5) is 4.39 Å². The molecule has 1 atom stereocenters. The Morgan fingerprint density at radius 2 is 1.79 bits per heavy atom. The normalized spacial score (nSPS) is 16.4. The summed E-state index contributed by atoms with van der Waals surface area (Å²) in [6.07, 6.45) is 0. The van der Waals surface area contributed by atoms with Crippen LogP contribution in [-0.4, -0.2) is 27.8 Å². The van der Waals surface area contributed by atoms with Crippen molar-refractivity contribution in [3.63, 3.8) is 0 Å². The lowest BCUT2D eigenvalue weighted by atomic mass is 9.96. The van der Waals surface area contributed by atoms with Gasteiger partial charge in [0.25, 0.3) is 5.91 Å². The molecule has 1 unspecified atom stereocenters. The first-order chi connectivity index (χ1) is 16.1. The molecule has 0 aliphatic carbocycles. The average molecular weight is 462 g/mol. The second-order valence-electron chi connectivity index (χ2n) is 7.94. The Labute approximate surface area is 193 Å². The van der Waals surface area contributed by atoms with Crippen LogP contribution in [-0.2, 0) is 6.54 Å². The molecule has 3 aromatic carbocycles. The molecule has 0 bridgehead atoms. The zero-order chi connectivity index (χ0) is 22.5. The number of halogens is 2. The molecule has 4 aromatic rings. The molecular weight excluding hydrogens is 445 g/mol. The molecule has 1 amide bonds. The van der Waals surface area contributed by atoms with Crippen molar-refractivity contribution in [3.05, 3.63) is 100.0 Å². The molecule has 6 nitrogen and oxygen atoms in total. The van der Waals surface area contributed by atoms with E-state index in [2.05, 4.69) is 10.2 Å². The van der Waals surface area contributed by atoms with Crippen LogP contribution in [0.2, 0.25) is 5.02 Å². The SMILES string of the molecule is O=C1c2[nH]nc(-c3ccc(Cl)cc3)c2C(c2ccc(F)cc2)N1Cc1ccc2c(c1)OCO2. The maximum absolute atomic E-state index is 13.7. The molecule has 6 rings (SSSR count). The van der Waals surface area contributed by atoms with E-state index in [9.17, 15) is 9.18 Å². The number of hydrogen-bond donors (Lipinski definition) is 1. The minimum Gasteiger partial charge on any atom is -0.454 e. The lowest BCUT2D eigenvalue weighted by Crippen LogP contribution is -2.29. The molecule has 1 aromatic heterocycles. The Hall–Kier alpha value is -3.84. The van der Waals surface area contributed by atoms with Gasteiger partial charge in [-0.3, -0.25) is 9.89 Å². The number of carbonyl (C=O) groups is 1. The summed E-state index contributed by atoms with van der Waals surface area (Å²) in [6, 6.07) is 18.7. The largest absolute Gasteiger partial charge is 0.454 e. The molecule has 8 heteroatoms. The summed E-state index contributed by atoms with van der Waals surface area (Å²) in [6.45, 7) is 0.514. The standard InChI is InChI=1S/C25H17ClFN3O3/c26-17-6-2-15(3-7-17)22-21-23(29-28-22)25(31)30(24(21)16-4-8-18(27)9-5-16)12-14-1-10-19-20(11-14)33-13-32-19/h1-11,24H,12-13H2,(H,28,29). The second kappa shape index (κ2) is 7.64. The van der Waals surface area contributed by atoms with Gasteiger partial charge < -0.3 is 14.4 Å². The Morgan fingerprint density at radius 1 is 1.03 bits per heavy atom. The van der Waals surface area contributed by atoms with Crippen molar-refractivity contribution < 1.29 is 18.7 Å². The molecule has 0 fully saturated rings. The minimum atomic E-state index is -0.442. The maximum atomic E-state index is 13.7. The van der Waals surface area contributed by atoms with Crippen LogP contribution in [0.5, 0.6) is 11.5 Å². The number of aromatic nitrogens is 2. The van der Waals surface area contributed by atoms with Crippen molar-refractivity contribution in [3.8, 4) is 22.8 Å². The quantitative estimate of drug-likeness (QED) is 0.445. The van der Waals surface area contributed by atoms with E-state index in [0.29, 0.717) is 34.5 Å². The van der Waals surface area contributed by atoms with Gasteiger partial charge in [0.15, 0.2) is 11.5 Å². The molecule has 0 spiro atoms. The molecule has 0 saturated heterocycles. The van der Waals surface area contributed by atoms with Crippen LogP contribution in [0.3, 0.4) is 0 Å². The number of hydrogen-bond acceptors (Lipinski definition) is 4. The fourth-order valence-corrected chi connectivity index (χ4v) is 4.54. The first kappa shape index (κ1) is 19.8. The first-order valence-electron chi connectivity index (χ1n) is 10.4. The number of aromatic amines is 1. The van der Waals surface area contributed by atoms with Crippen molar-refractivity contribution in [1.29, 1.82) is 0 Å². The summed E-state index contributed by atoms with van der Waals surface area (Å²) < 4.78 is 24.6. The van der Waals surface area contributed by atoms with Gasteiger partial charge in [0.05, 0.1) is 11.7 Å². The molecule has 1 N–H and O–H groups in total. The summed E-state index contributed by atoms with van der Waals surface area (Å²) in [7, 11) is 0. The molecule has 2 aliphatic rings. The number of H-pyrrole nitrogens is 1. The third-order valence-corrected chi connectivity index (χ3v) is 6.21. The van der Waals surface area contributed by atoms with Crippen LogP contribution in [0.25, 0.3) is 11.3 Å². The van der Waals surface area contributed by atoms with Crippen molar-refractivity contribution in [1.82, 2.24) is 15.1 Å². The van der Waals surface area contributed by atoms with Gasteiger partial charge in [-0.25, -0.2) is 4.39 Å². The monoisotopic (exact) mass is 461 g/mol. The van der Waals surface area contributed by atoms with Gasteiger partial charge in [0.1, 0.15) is 11.5 Å². The number of benzene rings is 3. The number of rotatable bonds is 4. The smallest absolute Gasteiger partial charge is 0.273 e. The summed E-state index contributed by atoms with van der Waals surface area (Å²) in [5.41, 5.74) is 4.37. The Kier molecular flexibility index (Phi) is 4.58. The Bertz CT molecular complexity index is 1370. The predicted molar refractivity (Wildman–Crippen MR) is 120 cm³/mol. The van der Waals surface area contributed by atoms with Crippen LogP contribution < -0.4 is 9.47 Å². The molecule has 164 valence electrons.